The second-order valence-corrected chi connectivity index (χ2v) is 9.14. The summed E-state index contributed by atoms with van der Waals surface area (Å²) in [6, 6.07) is 9.61. The largest absolute Gasteiger partial charge is 0.506 e. The van der Waals surface area contributed by atoms with E-state index in [1.54, 1.807) is 29.3 Å². The minimum absolute atomic E-state index is 0.00758. The zero-order valence-corrected chi connectivity index (χ0v) is 19.8. The van der Waals surface area contributed by atoms with E-state index in [0.29, 0.717) is 36.9 Å². The van der Waals surface area contributed by atoms with Gasteiger partial charge in [-0.1, -0.05) is 23.2 Å². The zero-order valence-electron chi connectivity index (χ0n) is 18.3. The molecule has 2 aliphatic heterocycles. The van der Waals surface area contributed by atoms with Gasteiger partial charge in [0, 0.05) is 24.2 Å². The molecule has 0 bridgehead atoms. The van der Waals surface area contributed by atoms with Crippen LogP contribution in [0.1, 0.15) is 16.8 Å². The van der Waals surface area contributed by atoms with Crippen molar-refractivity contribution in [1.82, 2.24) is 9.96 Å². The van der Waals surface area contributed by atoms with Crippen LogP contribution in [0.2, 0.25) is 10.0 Å². The smallest absolute Gasteiger partial charge is 0.257 e. The SMILES string of the molecule is O=C(c1cc(Cl)c(O)cc1OC[C@@H](O)CN1C[C@@H](Oc2ccc(Cl)cc2)CO1)N1CC[C@H](O)C1. The molecular formula is C23H26Cl2N2O7. The van der Waals surface area contributed by atoms with Crippen molar-refractivity contribution < 1.29 is 34.4 Å². The number of benzene rings is 2. The summed E-state index contributed by atoms with van der Waals surface area (Å²) in [7, 11) is 0. The maximum absolute atomic E-state index is 12.9. The van der Waals surface area contributed by atoms with Crippen molar-refractivity contribution in [1.29, 1.82) is 0 Å². The van der Waals surface area contributed by atoms with Gasteiger partial charge in [-0.2, -0.15) is 5.06 Å². The third-order valence-corrected chi connectivity index (χ3v) is 6.10. The molecule has 0 saturated carbocycles. The first-order valence-corrected chi connectivity index (χ1v) is 11.6. The first kappa shape index (κ1) is 24.8. The van der Waals surface area contributed by atoms with Crippen LogP contribution < -0.4 is 9.47 Å². The number of phenolic OH excluding ortho intramolecular Hbond substituents is 1. The molecule has 1 amide bonds. The number of likely N-dealkylation sites (tertiary alicyclic amines) is 1. The number of nitrogens with zero attached hydrogens (tertiary/aromatic N) is 2. The van der Waals surface area contributed by atoms with E-state index in [1.807, 2.05) is 0 Å². The normalized spacial score (nSPS) is 21.6. The number of phenols is 1. The molecule has 2 heterocycles. The fourth-order valence-electron chi connectivity index (χ4n) is 3.82. The lowest BCUT2D eigenvalue weighted by atomic mass is 10.1. The highest BCUT2D eigenvalue weighted by Crippen LogP contribution is 2.33. The number of hydroxylamine groups is 2. The molecule has 34 heavy (non-hydrogen) atoms. The summed E-state index contributed by atoms with van der Waals surface area (Å²) < 4.78 is 11.5. The fraction of sp³-hybridized carbons (Fsp3) is 0.435. The molecule has 0 unspecified atom stereocenters. The number of halogens is 2. The Bertz CT molecular complexity index is 1010. The Morgan fingerprint density at radius 1 is 1.21 bits per heavy atom. The Labute approximate surface area is 206 Å². The van der Waals surface area contributed by atoms with Crippen molar-refractivity contribution in [2.24, 2.45) is 0 Å². The summed E-state index contributed by atoms with van der Waals surface area (Å²) in [5, 5.41) is 32.4. The number of carbonyl (C=O) groups excluding carboxylic acids is 1. The Kier molecular flexibility index (Phi) is 8.02. The second-order valence-electron chi connectivity index (χ2n) is 8.29. The van der Waals surface area contributed by atoms with E-state index in [1.165, 1.54) is 17.0 Å². The van der Waals surface area contributed by atoms with E-state index in [2.05, 4.69) is 0 Å². The fourth-order valence-corrected chi connectivity index (χ4v) is 4.11. The number of aromatic hydroxyl groups is 1. The molecule has 2 saturated heterocycles. The summed E-state index contributed by atoms with van der Waals surface area (Å²) >= 11 is 11.9. The quantitative estimate of drug-likeness (QED) is 0.494. The second kappa shape index (κ2) is 11.0. The Hall–Kier alpha value is -2.27. The van der Waals surface area contributed by atoms with Crippen molar-refractivity contribution in [2.45, 2.75) is 24.7 Å². The third kappa shape index (κ3) is 6.24. The third-order valence-electron chi connectivity index (χ3n) is 5.54. The molecule has 2 aromatic carbocycles. The van der Waals surface area contributed by atoms with Crippen molar-refractivity contribution in [3.8, 4) is 17.2 Å². The van der Waals surface area contributed by atoms with Gasteiger partial charge in [0.1, 0.15) is 42.7 Å². The molecule has 3 atom stereocenters. The number of ether oxygens (including phenoxy) is 2. The van der Waals surface area contributed by atoms with Crippen molar-refractivity contribution in [3.05, 3.63) is 52.0 Å². The number of hydrogen-bond acceptors (Lipinski definition) is 8. The van der Waals surface area contributed by atoms with Crippen LogP contribution >= 0.6 is 23.2 Å². The minimum Gasteiger partial charge on any atom is -0.506 e. The number of carbonyl (C=O) groups is 1. The van der Waals surface area contributed by atoms with Crippen LogP contribution in [-0.2, 0) is 4.84 Å². The van der Waals surface area contributed by atoms with E-state index in [4.69, 9.17) is 37.5 Å². The van der Waals surface area contributed by atoms with Crippen LogP contribution in [0.5, 0.6) is 17.2 Å². The lowest BCUT2D eigenvalue weighted by Gasteiger charge is -2.21. The lowest BCUT2D eigenvalue weighted by molar-refractivity contribution is -0.131. The van der Waals surface area contributed by atoms with Gasteiger partial charge in [0.05, 0.1) is 29.8 Å². The van der Waals surface area contributed by atoms with Crippen LogP contribution in [0.3, 0.4) is 0 Å². The number of β-amino-alcohol motifs (C(OH)–C–C–N with tert-alkyl or cyclic N) is 2. The maximum atomic E-state index is 12.9. The summed E-state index contributed by atoms with van der Waals surface area (Å²) in [5.74, 6) is 0.162. The van der Waals surface area contributed by atoms with Gasteiger partial charge in [-0.3, -0.25) is 9.63 Å². The van der Waals surface area contributed by atoms with E-state index in [0.717, 1.165) is 0 Å². The molecule has 0 aromatic heterocycles. The van der Waals surface area contributed by atoms with Gasteiger partial charge in [0.2, 0.25) is 0 Å². The van der Waals surface area contributed by atoms with Crippen LogP contribution in [0.4, 0.5) is 0 Å². The molecule has 4 rings (SSSR count). The van der Waals surface area contributed by atoms with Gasteiger partial charge in [-0.25, -0.2) is 0 Å². The van der Waals surface area contributed by atoms with Gasteiger partial charge in [-0.05, 0) is 36.8 Å². The number of hydrogen-bond donors (Lipinski definition) is 3. The maximum Gasteiger partial charge on any atom is 0.257 e. The highest BCUT2D eigenvalue weighted by atomic mass is 35.5. The number of amides is 1. The molecule has 0 spiro atoms. The molecule has 2 aliphatic rings. The predicted octanol–water partition coefficient (Wildman–Crippen LogP) is 2.34. The van der Waals surface area contributed by atoms with E-state index in [-0.39, 0.29) is 53.8 Å². The molecular weight excluding hydrogens is 487 g/mol. The number of aliphatic hydroxyl groups is 2. The van der Waals surface area contributed by atoms with Crippen molar-refractivity contribution in [2.75, 3.05) is 39.4 Å². The van der Waals surface area contributed by atoms with Crippen molar-refractivity contribution in [3.63, 3.8) is 0 Å². The van der Waals surface area contributed by atoms with Crippen LogP contribution in [-0.4, -0.2) is 88.9 Å². The van der Waals surface area contributed by atoms with Crippen LogP contribution in [0, 0.1) is 0 Å². The average molecular weight is 513 g/mol. The van der Waals surface area contributed by atoms with E-state index >= 15 is 0 Å². The Morgan fingerprint density at radius 2 is 1.97 bits per heavy atom. The molecule has 184 valence electrons. The zero-order chi connectivity index (χ0) is 24.2. The average Bonchev–Trinajstić information content (AvgIpc) is 3.44. The van der Waals surface area contributed by atoms with E-state index < -0.39 is 12.2 Å². The van der Waals surface area contributed by atoms with Gasteiger partial charge in [0.25, 0.3) is 5.91 Å². The molecule has 9 nitrogen and oxygen atoms in total. The monoisotopic (exact) mass is 512 g/mol. The standard InChI is InChI=1S/C23H26Cl2N2O7/c24-14-1-3-17(4-2-14)34-18-11-27(33-13-18)10-16(29)12-32-22-8-21(30)20(25)7-19(22)23(31)26-6-5-15(28)9-26/h1-4,7-8,15-16,18,28-30H,5-6,9-13H2/t15-,16-,18+/m0/s1. The van der Waals surface area contributed by atoms with Gasteiger partial charge in [0.15, 0.2) is 0 Å². The highest BCUT2D eigenvalue weighted by molar-refractivity contribution is 6.32. The van der Waals surface area contributed by atoms with E-state index in [9.17, 15) is 20.1 Å². The summed E-state index contributed by atoms with van der Waals surface area (Å²) in [6.07, 6.45) is -1.23. The number of aliphatic hydroxyl groups excluding tert-OH is 2. The molecule has 2 fully saturated rings. The van der Waals surface area contributed by atoms with Gasteiger partial charge < -0.3 is 29.7 Å². The first-order valence-electron chi connectivity index (χ1n) is 10.9. The topological polar surface area (TPSA) is 112 Å². The Morgan fingerprint density at radius 3 is 2.68 bits per heavy atom. The minimum atomic E-state index is -0.941. The van der Waals surface area contributed by atoms with Gasteiger partial charge >= 0.3 is 0 Å². The van der Waals surface area contributed by atoms with Gasteiger partial charge in [-0.15, -0.1) is 0 Å². The summed E-state index contributed by atoms with van der Waals surface area (Å²) in [6.45, 7) is 1.41. The van der Waals surface area contributed by atoms with Crippen molar-refractivity contribution >= 4 is 29.1 Å². The lowest BCUT2D eigenvalue weighted by Crippen LogP contribution is -2.35. The summed E-state index contributed by atoms with van der Waals surface area (Å²) in [5.41, 5.74) is 0.151. The Balaban J connectivity index is 1.31. The molecule has 11 heteroatoms. The predicted molar refractivity (Wildman–Crippen MR) is 125 cm³/mol. The first-order chi connectivity index (χ1) is 16.3. The number of rotatable bonds is 8. The molecule has 2 aromatic rings. The van der Waals surface area contributed by atoms with Crippen LogP contribution in [0.25, 0.3) is 0 Å². The molecule has 3 N–H and O–H groups in total. The van der Waals surface area contributed by atoms with Crippen LogP contribution in [0.15, 0.2) is 36.4 Å². The summed E-state index contributed by atoms with van der Waals surface area (Å²) in [4.78, 5) is 20.0. The molecule has 0 radical (unpaired) electrons. The molecule has 0 aliphatic carbocycles. The highest BCUT2D eigenvalue weighted by Gasteiger charge is 2.30.